The van der Waals surface area contributed by atoms with E-state index < -0.39 is 11.4 Å². The molecule has 0 fully saturated rings. The molecule has 0 saturated heterocycles. The van der Waals surface area contributed by atoms with Crippen molar-refractivity contribution in [2.75, 3.05) is 5.32 Å². The molecule has 0 spiro atoms. The zero-order valence-electron chi connectivity index (χ0n) is 16.7. The Hall–Kier alpha value is -3.27. The van der Waals surface area contributed by atoms with Crippen LogP contribution in [0.3, 0.4) is 0 Å². The molecule has 0 saturated carbocycles. The lowest BCUT2D eigenvalue weighted by Gasteiger charge is -2.37. The highest BCUT2D eigenvalue weighted by atomic mass is 19.1. The van der Waals surface area contributed by atoms with Crippen LogP contribution in [0.5, 0.6) is 0 Å². The van der Waals surface area contributed by atoms with Gasteiger partial charge >= 0.3 is 0 Å². The standard InChI is InChI=1S/C22H23FN4O2/c1-4-20-27-22(5-2,11-14(3)29-20)17-10-16(7-8-18(17)23)26-21(28)19-9-6-15(12-24)13-25-19/h6-10,13-14H,4-5,11H2,1-3H3,(H,26,28). The van der Waals surface area contributed by atoms with Gasteiger partial charge in [-0.3, -0.25) is 4.79 Å². The molecule has 3 rings (SSSR count). The Kier molecular flexibility index (Phi) is 5.92. The normalized spacial score (nSPS) is 20.9. The molecule has 1 aliphatic rings. The van der Waals surface area contributed by atoms with Gasteiger partial charge < -0.3 is 10.1 Å². The molecule has 2 heterocycles. The van der Waals surface area contributed by atoms with Gasteiger partial charge in [-0.05, 0) is 43.7 Å². The molecule has 0 aliphatic carbocycles. The van der Waals surface area contributed by atoms with Crippen LogP contribution in [0.15, 0.2) is 41.5 Å². The van der Waals surface area contributed by atoms with Crippen LogP contribution in [0, 0.1) is 17.1 Å². The summed E-state index contributed by atoms with van der Waals surface area (Å²) in [4.78, 5) is 21.2. The second-order valence-corrected chi connectivity index (χ2v) is 7.07. The summed E-state index contributed by atoms with van der Waals surface area (Å²) in [6, 6.07) is 9.44. The number of halogens is 1. The van der Waals surface area contributed by atoms with Gasteiger partial charge in [-0.2, -0.15) is 5.26 Å². The van der Waals surface area contributed by atoms with Crippen LogP contribution in [0.2, 0.25) is 0 Å². The van der Waals surface area contributed by atoms with Gasteiger partial charge in [0.1, 0.15) is 17.6 Å². The number of ether oxygens (including phenoxy) is 1. The Labute approximate surface area is 169 Å². The number of rotatable bonds is 5. The number of hydrogen-bond donors (Lipinski definition) is 1. The minimum absolute atomic E-state index is 0.0807. The fourth-order valence-electron chi connectivity index (χ4n) is 3.56. The molecule has 1 aromatic heterocycles. The summed E-state index contributed by atoms with van der Waals surface area (Å²) < 4.78 is 20.6. The summed E-state index contributed by atoms with van der Waals surface area (Å²) in [5, 5.41) is 11.6. The summed E-state index contributed by atoms with van der Waals surface area (Å²) in [5.41, 5.74) is 0.699. The largest absolute Gasteiger partial charge is 0.478 e. The third-order valence-electron chi connectivity index (χ3n) is 5.04. The van der Waals surface area contributed by atoms with Crippen LogP contribution in [-0.2, 0) is 10.3 Å². The van der Waals surface area contributed by atoms with Crippen molar-refractivity contribution < 1.29 is 13.9 Å². The van der Waals surface area contributed by atoms with E-state index in [2.05, 4.69) is 10.3 Å². The van der Waals surface area contributed by atoms with Gasteiger partial charge in [-0.15, -0.1) is 0 Å². The van der Waals surface area contributed by atoms with E-state index in [-0.39, 0.29) is 17.6 Å². The van der Waals surface area contributed by atoms with Gasteiger partial charge in [0.2, 0.25) is 0 Å². The molecule has 1 N–H and O–H groups in total. The molecule has 0 bridgehead atoms. The monoisotopic (exact) mass is 394 g/mol. The zero-order valence-corrected chi connectivity index (χ0v) is 16.7. The minimum atomic E-state index is -0.736. The first-order chi connectivity index (χ1) is 13.9. The van der Waals surface area contributed by atoms with E-state index in [1.807, 2.05) is 26.8 Å². The van der Waals surface area contributed by atoms with E-state index in [0.717, 1.165) is 0 Å². The van der Waals surface area contributed by atoms with Crippen molar-refractivity contribution in [1.29, 1.82) is 5.26 Å². The number of aromatic nitrogens is 1. The van der Waals surface area contributed by atoms with Crippen LogP contribution < -0.4 is 5.32 Å². The Morgan fingerprint density at radius 3 is 2.79 bits per heavy atom. The first-order valence-electron chi connectivity index (χ1n) is 9.63. The summed E-state index contributed by atoms with van der Waals surface area (Å²) in [5.74, 6) is -0.188. The van der Waals surface area contributed by atoms with E-state index in [4.69, 9.17) is 15.0 Å². The van der Waals surface area contributed by atoms with E-state index >= 15 is 0 Å². The zero-order chi connectivity index (χ0) is 21.0. The number of carbonyl (C=O) groups excluding carboxylic acids is 1. The van der Waals surface area contributed by atoms with Crippen molar-refractivity contribution in [2.45, 2.75) is 51.7 Å². The van der Waals surface area contributed by atoms with Crippen molar-refractivity contribution in [3.05, 3.63) is 59.2 Å². The number of benzene rings is 1. The maximum absolute atomic E-state index is 14.8. The lowest BCUT2D eigenvalue weighted by molar-refractivity contribution is 0.102. The minimum Gasteiger partial charge on any atom is -0.478 e. The average Bonchev–Trinajstić information content (AvgIpc) is 2.74. The molecule has 2 atom stereocenters. The predicted molar refractivity (Wildman–Crippen MR) is 108 cm³/mol. The number of nitriles is 1. The van der Waals surface area contributed by atoms with Crippen LogP contribution >= 0.6 is 0 Å². The van der Waals surface area contributed by atoms with E-state index in [9.17, 15) is 9.18 Å². The van der Waals surface area contributed by atoms with Crippen molar-refractivity contribution in [2.24, 2.45) is 4.99 Å². The number of anilines is 1. The van der Waals surface area contributed by atoms with Gasteiger partial charge in [0.25, 0.3) is 5.91 Å². The molecular weight excluding hydrogens is 371 g/mol. The molecule has 1 aliphatic heterocycles. The molecule has 6 nitrogen and oxygen atoms in total. The van der Waals surface area contributed by atoms with E-state index in [1.54, 1.807) is 6.07 Å². The highest BCUT2D eigenvalue weighted by molar-refractivity contribution is 6.02. The van der Waals surface area contributed by atoms with E-state index in [1.165, 1.54) is 30.5 Å². The second-order valence-electron chi connectivity index (χ2n) is 7.07. The summed E-state index contributed by atoms with van der Waals surface area (Å²) in [7, 11) is 0. The molecule has 1 amide bonds. The van der Waals surface area contributed by atoms with Crippen molar-refractivity contribution in [3.63, 3.8) is 0 Å². The Bertz CT molecular complexity index is 981. The highest BCUT2D eigenvalue weighted by Gasteiger charge is 2.38. The number of pyridine rings is 1. The number of carbonyl (C=O) groups is 1. The van der Waals surface area contributed by atoms with Gasteiger partial charge in [-0.25, -0.2) is 14.4 Å². The average molecular weight is 394 g/mol. The van der Waals surface area contributed by atoms with Crippen LogP contribution in [-0.4, -0.2) is 22.9 Å². The summed E-state index contributed by atoms with van der Waals surface area (Å²) in [6.07, 6.45) is 3.05. The maximum Gasteiger partial charge on any atom is 0.274 e. The van der Waals surface area contributed by atoms with Gasteiger partial charge in [0.05, 0.1) is 17.2 Å². The topological polar surface area (TPSA) is 87.4 Å². The lowest BCUT2D eigenvalue weighted by atomic mass is 9.81. The fraction of sp³-hybridized carbons (Fsp3) is 0.364. The van der Waals surface area contributed by atoms with Gasteiger partial charge in [0.15, 0.2) is 5.90 Å². The predicted octanol–water partition coefficient (Wildman–Crippen LogP) is 4.57. The molecule has 1 aromatic carbocycles. The van der Waals surface area contributed by atoms with Crippen LogP contribution in [0.1, 0.15) is 61.6 Å². The van der Waals surface area contributed by atoms with Crippen molar-refractivity contribution >= 4 is 17.5 Å². The third-order valence-corrected chi connectivity index (χ3v) is 5.04. The molecule has 2 unspecified atom stereocenters. The number of amides is 1. The fourth-order valence-corrected chi connectivity index (χ4v) is 3.56. The molecule has 0 radical (unpaired) electrons. The smallest absolute Gasteiger partial charge is 0.274 e. The first-order valence-corrected chi connectivity index (χ1v) is 9.63. The number of hydrogen-bond acceptors (Lipinski definition) is 5. The van der Waals surface area contributed by atoms with Gasteiger partial charge in [-0.1, -0.05) is 13.8 Å². The van der Waals surface area contributed by atoms with Crippen molar-refractivity contribution in [1.82, 2.24) is 4.98 Å². The van der Waals surface area contributed by atoms with Crippen molar-refractivity contribution in [3.8, 4) is 6.07 Å². The number of nitrogens with one attached hydrogen (secondary N) is 1. The highest BCUT2D eigenvalue weighted by Crippen LogP contribution is 2.40. The number of aliphatic imine (C=N–C) groups is 1. The molecule has 7 heteroatoms. The summed E-state index contributed by atoms with van der Waals surface area (Å²) in [6.45, 7) is 5.88. The Morgan fingerprint density at radius 1 is 1.38 bits per heavy atom. The van der Waals surface area contributed by atoms with Crippen LogP contribution in [0.4, 0.5) is 10.1 Å². The molecule has 2 aromatic rings. The number of nitrogens with zero attached hydrogens (tertiary/aromatic N) is 3. The first kappa shape index (κ1) is 20.5. The van der Waals surface area contributed by atoms with Gasteiger partial charge in [0, 0.05) is 30.3 Å². The summed E-state index contributed by atoms with van der Waals surface area (Å²) >= 11 is 0. The SMILES string of the molecule is CCC1=NC(CC)(c2cc(NC(=O)c3ccc(C#N)cn3)ccc2F)CC(C)O1. The molecule has 29 heavy (non-hydrogen) atoms. The van der Waals surface area contributed by atoms with E-state index in [0.29, 0.717) is 42.0 Å². The Balaban J connectivity index is 1.93. The maximum atomic E-state index is 14.8. The van der Waals surface area contributed by atoms with Crippen LogP contribution in [0.25, 0.3) is 0 Å². The quantitative estimate of drug-likeness (QED) is 0.805. The lowest BCUT2D eigenvalue weighted by Crippen LogP contribution is -2.37. The second kappa shape index (κ2) is 8.39. The Morgan fingerprint density at radius 2 is 2.17 bits per heavy atom. The third kappa shape index (κ3) is 4.27. The molecule has 150 valence electrons. The molecular formula is C22H23FN4O2.